The molecule has 6 nitrogen and oxygen atoms in total. The molecule has 2 aromatic carbocycles. The van der Waals surface area contributed by atoms with Crippen molar-refractivity contribution in [3.63, 3.8) is 0 Å². The minimum Gasteiger partial charge on any atom is -0.489 e. The normalized spacial score (nSPS) is 13.0. The lowest BCUT2D eigenvalue weighted by molar-refractivity contribution is -0.115. The predicted molar refractivity (Wildman–Crippen MR) is 95.4 cm³/mol. The van der Waals surface area contributed by atoms with Crippen LogP contribution in [0.4, 0.5) is 14.9 Å². The van der Waals surface area contributed by atoms with E-state index in [0.29, 0.717) is 11.4 Å². The van der Waals surface area contributed by atoms with E-state index in [2.05, 4.69) is 16.0 Å². The first-order valence-electron chi connectivity index (χ1n) is 8.40. The van der Waals surface area contributed by atoms with Crippen molar-refractivity contribution in [1.82, 2.24) is 10.6 Å². The molecule has 0 aromatic heterocycles. The molecule has 0 atom stereocenters. The molecule has 2 aromatic rings. The van der Waals surface area contributed by atoms with E-state index in [1.165, 1.54) is 12.1 Å². The summed E-state index contributed by atoms with van der Waals surface area (Å²) in [4.78, 5) is 23.4. The van der Waals surface area contributed by atoms with E-state index in [1.54, 1.807) is 30.3 Å². The molecule has 1 aliphatic carbocycles. The van der Waals surface area contributed by atoms with Gasteiger partial charge in [0.25, 0.3) is 0 Å². The van der Waals surface area contributed by atoms with E-state index < -0.39 is 0 Å². The van der Waals surface area contributed by atoms with E-state index >= 15 is 0 Å². The summed E-state index contributed by atoms with van der Waals surface area (Å²) in [5.41, 5.74) is 1.42. The smallest absolute Gasteiger partial charge is 0.315 e. The second-order valence-corrected chi connectivity index (χ2v) is 6.10. The van der Waals surface area contributed by atoms with Gasteiger partial charge in [0.2, 0.25) is 5.91 Å². The van der Waals surface area contributed by atoms with Gasteiger partial charge in [0.05, 0.1) is 6.54 Å². The molecule has 0 bridgehead atoms. The van der Waals surface area contributed by atoms with Crippen LogP contribution in [0.1, 0.15) is 18.4 Å². The van der Waals surface area contributed by atoms with Crippen molar-refractivity contribution in [1.29, 1.82) is 0 Å². The first-order chi connectivity index (χ1) is 12.6. The molecule has 0 spiro atoms. The molecule has 3 N–H and O–H groups in total. The first-order valence-corrected chi connectivity index (χ1v) is 8.40. The molecule has 3 amide bonds. The Morgan fingerprint density at radius 2 is 1.92 bits per heavy atom. The van der Waals surface area contributed by atoms with Crippen LogP contribution < -0.4 is 20.7 Å². The van der Waals surface area contributed by atoms with Gasteiger partial charge in [0.15, 0.2) is 0 Å². The van der Waals surface area contributed by atoms with E-state index in [4.69, 9.17) is 4.74 Å². The highest BCUT2D eigenvalue weighted by Crippen LogP contribution is 2.18. The zero-order valence-corrected chi connectivity index (χ0v) is 14.1. The van der Waals surface area contributed by atoms with Crippen molar-refractivity contribution in [2.75, 3.05) is 11.9 Å². The third-order valence-electron chi connectivity index (χ3n) is 3.73. The third kappa shape index (κ3) is 5.77. The number of rotatable bonds is 7. The largest absolute Gasteiger partial charge is 0.489 e. The van der Waals surface area contributed by atoms with E-state index in [1.807, 2.05) is 6.07 Å². The Labute approximate surface area is 150 Å². The summed E-state index contributed by atoms with van der Waals surface area (Å²) in [7, 11) is 0. The number of benzene rings is 2. The SMILES string of the molecule is O=C(CNC(=O)NC1CC1)Nc1cccc(COc2cccc(F)c2)c1. The average Bonchev–Trinajstić information content (AvgIpc) is 3.43. The summed E-state index contributed by atoms with van der Waals surface area (Å²) in [6.07, 6.45) is 1.98. The molecular formula is C19H20FN3O3. The molecule has 1 fully saturated rings. The number of carbonyl (C=O) groups excluding carboxylic acids is 2. The summed E-state index contributed by atoms with van der Waals surface area (Å²) in [5.74, 6) is -0.244. The Morgan fingerprint density at radius 1 is 1.12 bits per heavy atom. The Balaban J connectivity index is 1.46. The number of amides is 3. The van der Waals surface area contributed by atoms with Crippen LogP contribution in [-0.4, -0.2) is 24.5 Å². The number of halogens is 1. The van der Waals surface area contributed by atoms with Crippen molar-refractivity contribution in [3.8, 4) is 5.75 Å². The molecule has 136 valence electrons. The molecule has 0 radical (unpaired) electrons. The molecule has 0 saturated heterocycles. The second-order valence-electron chi connectivity index (χ2n) is 6.10. The zero-order chi connectivity index (χ0) is 18.4. The number of anilines is 1. The molecule has 0 heterocycles. The van der Waals surface area contributed by atoms with Gasteiger partial charge in [-0.3, -0.25) is 4.79 Å². The van der Waals surface area contributed by atoms with Gasteiger partial charge in [-0.05, 0) is 42.7 Å². The summed E-state index contributed by atoms with van der Waals surface area (Å²) in [5, 5.41) is 7.98. The van der Waals surface area contributed by atoms with Crippen LogP contribution in [0.15, 0.2) is 48.5 Å². The topological polar surface area (TPSA) is 79.5 Å². The fourth-order valence-electron chi connectivity index (χ4n) is 2.29. The zero-order valence-electron chi connectivity index (χ0n) is 14.1. The summed E-state index contributed by atoms with van der Waals surface area (Å²) in [6.45, 7) is 0.137. The van der Waals surface area contributed by atoms with Gasteiger partial charge in [-0.25, -0.2) is 9.18 Å². The van der Waals surface area contributed by atoms with Crippen LogP contribution in [0.2, 0.25) is 0 Å². The monoisotopic (exact) mass is 357 g/mol. The van der Waals surface area contributed by atoms with Gasteiger partial charge in [-0.1, -0.05) is 18.2 Å². The fraction of sp³-hybridized carbons (Fsp3) is 0.263. The molecule has 7 heteroatoms. The van der Waals surface area contributed by atoms with Crippen LogP contribution in [0, 0.1) is 5.82 Å². The molecule has 1 aliphatic rings. The highest BCUT2D eigenvalue weighted by Gasteiger charge is 2.23. The van der Waals surface area contributed by atoms with Crippen molar-refractivity contribution in [2.45, 2.75) is 25.5 Å². The molecule has 1 saturated carbocycles. The van der Waals surface area contributed by atoms with Crippen LogP contribution in [-0.2, 0) is 11.4 Å². The lowest BCUT2D eigenvalue weighted by atomic mass is 10.2. The Hall–Kier alpha value is -3.09. The number of ether oxygens (including phenoxy) is 1. The highest BCUT2D eigenvalue weighted by molar-refractivity contribution is 5.94. The molecule has 3 rings (SSSR count). The van der Waals surface area contributed by atoms with Gasteiger partial charge in [0.1, 0.15) is 18.2 Å². The minimum absolute atomic E-state index is 0.109. The van der Waals surface area contributed by atoms with Gasteiger partial charge in [0, 0.05) is 17.8 Å². The van der Waals surface area contributed by atoms with Crippen molar-refractivity contribution < 1.29 is 18.7 Å². The number of nitrogens with one attached hydrogen (secondary N) is 3. The lowest BCUT2D eigenvalue weighted by Gasteiger charge is -2.10. The van der Waals surface area contributed by atoms with E-state index in [0.717, 1.165) is 18.4 Å². The Morgan fingerprint density at radius 3 is 2.69 bits per heavy atom. The summed E-state index contributed by atoms with van der Waals surface area (Å²) >= 11 is 0. The predicted octanol–water partition coefficient (Wildman–Crippen LogP) is 2.80. The number of urea groups is 1. The van der Waals surface area contributed by atoms with Crippen LogP contribution in [0.5, 0.6) is 5.75 Å². The third-order valence-corrected chi connectivity index (χ3v) is 3.73. The van der Waals surface area contributed by atoms with Crippen LogP contribution in [0.25, 0.3) is 0 Å². The van der Waals surface area contributed by atoms with Gasteiger partial charge in [-0.15, -0.1) is 0 Å². The molecule has 0 unspecified atom stereocenters. The lowest BCUT2D eigenvalue weighted by Crippen LogP contribution is -2.40. The minimum atomic E-state index is -0.360. The fourth-order valence-corrected chi connectivity index (χ4v) is 2.29. The quantitative estimate of drug-likeness (QED) is 0.713. The van der Waals surface area contributed by atoms with Gasteiger partial charge >= 0.3 is 6.03 Å². The van der Waals surface area contributed by atoms with Crippen LogP contribution in [0.3, 0.4) is 0 Å². The van der Waals surface area contributed by atoms with Crippen molar-refractivity contribution in [3.05, 3.63) is 59.9 Å². The van der Waals surface area contributed by atoms with E-state index in [9.17, 15) is 14.0 Å². The van der Waals surface area contributed by atoms with Crippen LogP contribution >= 0.6 is 0 Å². The maximum Gasteiger partial charge on any atom is 0.315 e. The highest BCUT2D eigenvalue weighted by atomic mass is 19.1. The van der Waals surface area contributed by atoms with Gasteiger partial charge in [-0.2, -0.15) is 0 Å². The standard InChI is InChI=1S/C19H20FN3O3/c20-14-4-2-6-17(10-14)26-12-13-3-1-5-16(9-13)22-18(24)11-21-19(25)23-15-7-8-15/h1-6,9-10,15H,7-8,11-12H2,(H,22,24)(H2,21,23,25). The molecule has 0 aliphatic heterocycles. The van der Waals surface area contributed by atoms with Crippen molar-refractivity contribution >= 4 is 17.6 Å². The number of hydrogen-bond acceptors (Lipinski definition) is 3. The maximum absolute atomic E-state index is 13.1. The van der Waals surface area contributed by atoms with Gasteiger partial charge < -0.3 is 20.7 Å². The number of carbonyl (C=O) groups is 2. The Bertz CT molecular complexity index is 793. The van der Waals surface area contributed by atoms with E-state index in [-0.39, 0.29) is 36.9 Å². The molecular weight excluding hydrogens is 337 g/mol. The first kappa shape index (κ1) is 17.7. The summed E-state index contributed by atoms with van der Waals surface area (Å²) < 4.78 is 18.7. The number of hydrogen-bond donors (Lipinski definition) is 3. The summed E-state index contributed by atoms with van der Waals surface area (Å²) in [6, 6.07) is 13.0. The second kappa shape index (κ2) is 8.33. The average molecular weight is 357 g/mol. The molecule has 26 heavy (non-hydrogen) atoms. The maximum atomic E-state index is 13.1. The van der Waals surface area contributed by atoms with Crippen molar-refractivity contribution in [2.24, 2.45) is 0 Å². The Kier molecular flexibility index (Phi) is 5.68.